The van der Waals surface area contributed by atoms with E-state index in [0.29, 0.717) is 18.4 Å². The van der Waals surface area contributed by atoms with E-state index in [9.17, 15) is 26.3 Å². The van der Waals surface area contributed by atoms with Crippen LogP contribution in [0.5, 0.6) is 5.75 Å². The number of aryl methyl sites for hydroxylation is 2. The zero-order valence-corrected chi connectivity index (χ0v) is 21.4. The molecule has 3 aromatic rings. The van der Waals surface area contributed by atoms with Gasteiger partial charge < -0.3 is 4.74 Å². The van der Waals surface area contributed by atoms with Crippen LogP contribution in [0, 0.1) is 23.3 Å². The molecule has 0 radical (unpaired) electrons. The lowest BCUT2D eigenvalue weighted by atomic mass is 9.98. The van der Waals surface area contributed by atoms with Crippen LogP contribution >= 0.6 is 0 Å². The number of halogens is 6. The Morgan fingerprint density at radius 2 is 1.58 bits per heavy atom. The summed E-state index contributed by atoms with van der Waals surface area (Å²) < 4.78 is 91.7. The fourth-order valence-corrected chi connectivity index (χ4v) is 3.94. The topological polar surface area (TPSA) is 9.23 Å². The molecule has 0 spiro atoms. The van der Waals surface area contributed by atoms with E-state index in [4.69, 9.17) is 4.74 Å². The number of hydrogen-bond acceptors (Lipinski definition) is 1. The zero-order valence-electron chi connectivity index (χ0n) is 21.4. The Morgan fingerprint density at radius 1 is 0.842 bits per heavy atom. The predicted octanol–water partition coefficient (Wildman–Crippen LogP) is 9.84. The molecule has 3 rings (SSSR count). The molecule has 0 aliphatic rings. The van der Waals surface area contributed by atoms with E-state index in [1.807, 2.05) is 6.92 Å². The minimum Gasteiger partial charge on any atom is -0.488 e. The van der Waals surface area contributed by atoms with Crippen LogP contribution < -0.4 is 4.74 Å². The summed E-state index contributed by atoms with van der Waals surface area (Å²) in [6.07, 6.45) is 5.45. The average molecular weight is 533 g/mol. The molecule has 38 heavy (non-hydrogen) atoms. The molecule has 3 aromatic carbocycles. The summed E-state index contributed by atoms with van der Waals surface area (Å²) in [6.45, 7) is 3.92. The summed E-state index contributed by atoms with van der Waals surface area (Å²) in [5.41, 5.74) is 0.652. The van der Waals surface area contributed by atoms with Gasteiger partial charge in [0, 0.05) is 17.5 Å². The quantitative estimate of drug-likeness (QED) is 0.128. The van der Waals surface area contributed by atoms with Crippen molar-refractivity contribution >= 4 is 5.83 Å². The van der Waals surface area contributed by atoms with Gasteiger partial charge in [-0.05, 0) is 73.6 Å². The van der Waals surface area contributed by atoms with Crippen LogP contribution in [0.4, 0.5) is 26.3 Å². The lowest BCUT2D eigenvalue weighted by molar-refractivity contribution is 0.278. The second-order valence-corrected chi connectivity index (χ2v) is 8.92. The highest BCUT2D eigenvalue weighted by atomic mass is 19.2. The van der Waals surface area contributed by atoms with E-state index >= 15 is 0 Å². The van der Waals surface area contributed by atoms with E-state index < -0.39 is 40.7 Å². The number of benzene rings is 3. The van der Waals surface area contributed by atoms with Crippen LogP contribution in [0.3, 0.4) is 0 Å². The third-order valence-electron chi connectivity index (χ3n) is 6.08. The molecular weight excluding hydrogens is 502 g/mol. The standard InChI is InChI=1S/C31H30F6O/c1-3-5-7-8-25(32)30(37)23-13-14-24(27(34)19-23)22-12-11-21(26(33)18-22)10-9-20-16-28(35)31(29(36)17-20)38-15-6-4-2/h3,5,11-14,16-19H,4,6-10,15H2,1-2H3/b5-3+,30-25+. The van der Waals surface area contributed by atoms with Crippen molar-refractivity contribution in [2.75, 3.05) is 6.61 Å². The van der Waals surface area contributed by atoms with Gasteiger partial charge in [0.15, 0.2) is 23.2 Å². The fourth-order valence-electron chi connectivity index (χ4n) is 3.94. The van der Waals surface area contributed by atoms with Gasteiger partial charge in [-0.15, -0.1) is 0 Å². The lowest BCUT2D eigenvalue weighted by Crippen LogP contribution is -2.03. The van der Waals surface area contributed by atoms with Crippen molar-refractivity contribution in [2.24, 2.45) is 0 Å². The van der Waals surface area contributed by atoms with Crippen molar-refractivity contribution in [1.29, 1.82) is 0 Å². The maximum atomic E-state index is 14.8. The Balaban J connectivity index is 1.71. The summed E-state index contributed by atoms with van der Waals surface area (Å²) >= 11 is 0. The summed E-state index contributed by atoms with van der Waals surface area (Å²) in [5.74, 6) is -5.58. The normalized spacial score (nSPS) is 12.2. The van der Waals surface area contributed by atoms with Crippen molar-refractivity contribution in [1.82, 2.24) is 0 Å². The molecule has 7 heteroatoms. The Morgan fingerprint density at radius 3 is 2.21 bits per heavy atom. The Bertz CT molecular complexity index is 1290. The van der Waals surface area contributed by atoms with Crippen molar-refractivity contribution in [2.45, 2.75) is 52.4 Å². The van der Waals surface area contributed by atoms with Crippen LogP contribution in [0.1, 0.15) is 56.2 Å². The van der Waals surface area contributed by atoms with Gasteiger partial charge in [-0.2, -0.15) is 0 Å². The largest absolute Gasteiger partial charge is 0.488 e. The maximum Gasteiger partial charge on any atom is 0.190 e. The molecule has 0 N–H and O–H groups in total. The first kappa shape index (κ1) is 29.1. The monoisotopic (exact) mass is 532 g/mol. The molecule has 202 valence electrons. The lowest BCUT2D eigenvalue weighted by Gasteiger charge is -2.11. The second kappa shape index (κ2) is 13.9. The molecule has 1 nitrogen and oxygen atoms in total. The Labute approximate surface area is 219 Å². The van der Waals surface area contributed by atoms with Crippen LogP contribution in [0.2, 0.25) is 0 Å². The highest BCUT2D eigenvalue weighted by Gasteiger charge is 2.16. The second-order valence-electron chi connectivity index (χ2n) is 8.92. The maximum absolute atomic E-state index is 14.8. The van der Waals surface area contributed by atoms with Crippen molar-refractivity contribution in [3.8, 4) is 16.9 Å². The minimum atomic E-state index is -1.13. The summed E-state index contributed by atoms with van der Waals surface area (Å²) in [6, 6.07) is 9.85. The van der Waals surface area contributed by atoms with E-state index in [-0.39, 0.29) is 48.1 Å². The van der Waals surface area contributed by atoms with Gasteiger partial charge in [0.25, 0.3) is 0 Å². The van der Waals surface area contributed by atoms with Gasteiger partial charge in [-0.1, -0.05) is 49.8 Å². The molecule has 0 saturated carbocycles. The van der Waals surface area contributed by atoms with Crippen molar-refractivity contribution in [3.63, 3.8) is 0 Å². The van der Waals surface area contributed by atoms with Crippen LogP contribution in [0.25, 0.3) is 17.0 Å². The molecule has 0 amide bonds. The van der Waals surface area contributed by atoms with Crippen LogP contribution in [-0.2, 0) is 12.8 Å². The van der Waals surface area contributed by atoms with Crippen molar-refractivity contribution in [3.05, 3.63) is 106 Å². The van der Waals surface area contributed by atoms with E-state index in [2.05, 4.69) is 0 Å². The van der Waals surface area contributed by atoms with Gasteiger partial charge in [0.2, 0.25) is 0 Å². The van der Waals surface area contributed by atoms with Crippen LogP contribution in [0.15, 0.2) is 66.5 Å². The number of unbranched alkanes of at least 4 members (excludes halogenated alkanes) is 1. The van der Waals surface area contributed by atoms with Gasteiger partial charge in [-0.25, -0.2) is 26.3 Å². The molecular formula is C31H30F6O. The van der Waals surface area contributed by atoms with E-state index in [0.717, 1.165) is 18.6 Å². The first-order valence-corrected chi connectivity index (χ1v) is 12.6. The Hall–Kier alpha value is -3.48. The third kappa shape index (κ3) is 7.53. The molecule has 0 atom stereocenters. The predicted molar refractivity (Wildman–Crippen MR) is 139 cm³/mol. The van der Waals surface area contributed by atoms with E-state index in [1.54, 1.807) is 19.1 Å². The molecule has 0 heterocycles. The molecule has 0 aliphatic heterocycles. The fraction of sp³-hybridized carbons (Fsp3) is 0.290. The first-order valence-electron chi connectivity index (χ1n) is 12.6. The molecule has 0 saturated heterocycles. The van der Waals surface area contributed by atoms with Gasteiger partial charge in [-0.3, -0.25) is 0 Å². The summed E-state index contributed by atoms with van der Waals surface area (Å²) in [5, 5.41) is 0. The van der Waals surface area contributed by atoms with Gasteiger partial charge in [0.05, 0.1) is 6.61 Å². The third-order valence-corrected chi connectivity index (χ3v) is 6.08. The Kier molecular flexibility index (Phi) is 10.6. The number of hydrogen-bond donors (Lipinski definition) is 0. The minimum absolute atomic E-state index is 0.0316. The van der Waals surface area contributed by atoms with Crippen molar-refractivity contribution < 1.29 is 31.1 Å². The van der Waals surface area contributed by atoms with Gasteiger partial charge in [0.1, 0.15) is 17.5 Å². The number of allylic oxidation sites excluding steroid dienone is 3. The smallest absolute Gasteiger partial charge is 0.190 e. The molecule has 0 bridgehead atoms. The SMILES string of the molecule is C/C=C/CC/C(F)=C(\F)c1ccc(-c2ccc(CCc3cc(F)c(OCCCC)c(F)c3)c(F)c2)c(F)c1. The zero-order chi connectivity index (χ0) is 27.7. The summed E-state index contributed by atoms with van der Waals surface area (Å²) in [7, 11) is 0. The number of rotatable bonds is 12. The number of ether oxygens (including phenoxy) is 1. The van der Waals surface area contributed by atoms with E-state index in [1.165, 1.54) is 36.4 Å². The average Bonchev–Trinajstić information content (AvgIpc) is 2.89. The molecule has 0 unspecified atom stereocenters. The summed E-state index contributed by atoms with van der Waals surface area (Å²) in [4.78, 5) is 0. The van der Waals surface area contributed by atoms with Gasteiger partial charge >= 0.3 is 0 Å². The first-order chi connectivity index (χ1) is 18.2. The molecule has 0 aromatic heterocycles. The molecule has 0 aliphatic carbocycles. The molecule has 0 fully saturated rings. The van der Waals surface area contributed by atoms with Crippen LogP contribution in [-0.4, -0.2) is 6.61 Å². The highest BCUT2D eigenvalue weighted by molar-refractivity contribution is 5.69. The highest BCUT2D eigenvalue weighted by Crippen LogP contribution is 2.31.